The van der Waals surface area contributed by atoms with Crippen LogP contribution in [0, 0.1) is 6.92 Å². The first-order valence-electron chi connectivity index (χ1n) is 9.58. The number of rotatable bonds is 5. The van der Waals surface area contributed by atoms with Gasteiger partial charge in [-0.1, -0.05) is 24.6 Å². The highest BCUT2D eigenvalue weighted by Gasteiger charge is 2.31. The molecule has 2 aromatic rings. The van der Waals surface area contributed by atoms with Crippen molar-refractivity contribution in [1.82, 2.24) is 4.31 Å². The number of carbonyl (C=O) groups excluding carboxylic acids is 1. The predicted octanol–water partition coefficient (Wildman–Crippen LogP) is 3.55. The topological polar surface area (TPSA) is 83.6 Å². The average Bonchev–Trinajstić information content (AvgIpc) is 2.68. The van der Waals surface area contributed by atoms with Gasteiger partial charge in [0, 0.05) is 24.4 Å². The summed E-state index contributed by atoms with van der Waals surface area (Å²) >= 11 is 0. The van der Waals surface area contributed by atoms with Crippen molar-refractivity contribution < 1.29 is 17.4 Å². The number of anilines is 1. The average molecular weight is 435 g/mol. The second kappa shape index (κ2) is 8.77. The van der Waals surface area contributed by atoms with E-state index in [-0.39, 0.29) is 16.5 Å². The highest BCUT2D eigenvalue weighted by atomic mass is 32.2. The summed E-state index contributed by atoms with van der Waals surface area (Å²) in [7, 11) is -4.94. The van der Waals surface area contributed by atoms with Crippen molar-refractivity contribution in [3.8, 4) is 0 Å². The van der Waals surface area contributed by atoms with Crippen molar-refractivity contribution in [2.75, 3.05) is 18.1 Å². The van der Waals surface area contributed by atoms with Gasteiger partial charge in [-0.3, -0.25) is 9.00 Å². The smallest absolute Gasteiger partial charge is 0.256 e. The molecule has 29 heavy (non-hydrogen) atoms. The molecular formula is C21H26N2O4S2. The van der Waals surface area contributed by atoms with E-state index < -0.39 is 26.7 Å². The molecule has 0 aliphatic carbocycles. The minimum atomic E-state index is -3.67. The van der Waals surface area contributed by atoms with Gasteiger partial charge in [-0.25, -0.2) is 8.42 Å². The molecule has 1 fully saturated rings. The molecule has 8 heteroatoms. The molecule has 1 aliphatic rings. The van der Waals surface area contributed by atoms with Crippen LogP contribution < -0.4 is 5.32 Å². The number of piperidine rings is 1. The molecule has 6 nitrogen and oxygen atoms in total. The fourth-order valence-corrected chi connectivity index (χ4v) is 6.01. The van der Waals surface area contributed by atoms with Gasteiger partial charge in [0.25, 0.3) is 5.91 Å². The summed E-state index contributed by atoms with van der Waals surface area (Å²) < 4.78 is 39.7. The summed E-state index contributed by atoms with van der Waals surface area (Å²) in [5.74, 6) is -0.427. The molecule has 0 saturated carbocycles. The Morgan fingerprint density at radius 1 is 1.17 bits per heavy atom. The number of hydrogen-bond acceptors (Lipinski definition) is 4. The number of amides is 1. The van der Waals surface area contributed by atoms with Crippen molar-refractivity contribution in [2.45, 2.75) is 48.9 Å². The molecule has 0 aromatic heterocycles. The summed E-state index contributed by atoms with van der Waals surface area (Å²) in [6, 6.07) is 11.5. The molecule has 1 saturated heterocycles. The van der Waals surface area contributed by atoms with E-state index in [2.05, 4.69) is 5.32 Å². The Hall–Kier alpha value is -2.03. The highest BCUT2D eigenvalue weighted by molar-refractivity contribution is 7.89. The summed E-state index contributed by atoms with van der Waals surface area (Å²) in [6.07, 6.45) is 4.24. The fourth-order valence-electron chi connectivity index (χ4n) is 3.58. The van der Waals surface area contributed by atoms with Crippen molar-refractivity contribution in [3.05, 3.63) is 53.6 Å². The molecule has 1 N–H and O–H groups in total. The lowest BCUT2D eigenvalue weighted by Crippen LogP contribution is -2.42. The predicted molar refractivity (Wildman–Crippen MR) is 115 cm³/mol. The number of aryl methyl sites for hydroxylation is 1. The quantitative estimate of drug-likeness (QED) is 0.780. The molecule has 0 spiro atoms. The molecule has 1 aliphatic heterocycles. The Kier molecular flexibility index (Phi) is 6.55. The zero-order valence-electron chi connectivity index (χ0n) is 16.8. The molecule has 156 valence electrons. The third-order valence-electron chi connectivity index (χ3n) is 5.25. The van der Waals surface area contributed by atoms with E-state index in [0.717, 1.165) is 19.3 Å². The molecule has 1 amide bonds. The summed E-state index contributed by atoms with van der Waals surface area (Å²) in [5.41, 5.74) is 1.41. The lowest BCUT2D eigenvalue weighted by atomic mass is 10.1. The van der Waals surface area contributed by atoms with Crippen molar-refractivity contribution in [2.24, 2.45) is 0 Å². The van der Waals surface area contributed by atoms with Crippen LogP contribution >= 0.6 is 0 Å². The van der Waals surface area contributed by atoms with Crippen molar-refractivity contribution in [3.63, 3.8) is 0 Å². The van der Waals surface area contributed by atoms with Crippen molar-refractivity contribution >= 4 is 32.4 Å². The monoisotopic (exact) mass is 434 g/mol. The van der Waals surface area contributed by atoms with E-state index in [1.54, 1.807) is 49.6 Å². The van der Waals surface area contributed by atoms with Gasteiger partial charge in [0.2, 0.25) is 10.0 Å². The number of benzene rings is 2. The van der Waals surface area contributed by atoms with Crippen molar-refractivity contribution in [1.29, 1.82) is 0 Å². The van der Waals surface area contributed by atoms with E-state index in [1.165, 1.54) is 10.4 Å². The van der Waals surface area contributed by atoms with E-state index in [4.69, 9.17) is 0 Å². The number of sulfonamides is 1. The van der Waals surface area contributed by atoms with Crippen LogP contribution in [0.2, 0.25) is 0 Å². The van der Waals surface area contributed by atoms with Crippen LogP contribution in [0.5, 0.6) is 0 Å². The lowest BCUT2D eigenvalue weighted by Gasteiger charge is -2.32. The van der Waals surface area contributed by atoms with Gasteiger partial charge in [-0.05, 0) is 56.5 Å². The molecule has 2 aromatic carbocycles. The van der Waals surface area contributed by atoms with E-state index in [0.29, 0.717) is 22.7 Å². The zero-order valence-corrected chi connectivity index (χ0v) is 18.5. The minimum absolute atomic E-state index is 0.0567. The maximum atomic E-state index is 13.1. The number of nitrogens with one attached hydrogen (secondary N) is 1. The highest BCUT2D eigenvalue weighted by Crippen LogP contribution is 2.27. The van der Waals surface area contributed by atoms with Gasteiger partial charge in [-0.15, -0.1) is 0 Å². The minimum Gasteiger partial charge on any atom is -0.321 e. The first-order chi connectivity index (χ1) is 13.7. The van der Waals surface area contributed by atoms with Gasteiger partial charge in [-0.2, -0.15) is 4.31 Å². The molecule has 0 radical (unpaired) electrons. The Balaban J connectivity index is 1.93. The van der Waals surface area contributed by atoms with Gasteiger partial charge in [0.05, 0.1) is 26.3 Å². The Morgan fingerprint density at radius 2 is 1.90 bits per heavy atom. The van der Waals surface area contributed by atoms with Crippen LogP contribution in [0.1, 0.15) is 42.1 Å². The molecule has 3 rings (SSSR count). The number of nitrogens with zero attached hydrogens (tertiary/aromatic N) is 1. The zero-order chi connectivity index (χ0) is 21.2. The van der Waals surface area contributed by atoms with Crippen LogP contribution in [0.25, 0.3) is 0 Å². The van der Waals surface area contributed by atoms with Gasteiger partial charge < -0.3 is 5.32 Å². The molecule has 0 bridgehead atoms. The molecular weight excluding hydrogens is 408 g/mol. The second-order valence-electron chi connectivity index (χ2n) is 7.34. The maximum absolute atomic E-state index is 13.1. The Bertz CT molecular complexity index is 1050. The van der Waals surface area contributed by atoms with E-state index in [9.17, 15) is 17.4 Å². The third-order valence-corrected chi connectivity index (χ3v) is 8.23. The largest absolute Gasteiger partial charge is 0.321 e. The Labute approximate surface area is 174 Å². The number of hydrogen-bond donors (Lipinski definition) is 1. The summed E-state index contributed by atoms with van der Waals surface area (Å²) in [6.45, 7) is 4.17. The maximum Gasteiger partial charge on any atom is 0.256 e. The molecule has 2 atom stereocenters. The van der Waals surface area contributed by atoms with Crippen LogP contribution in [0.15, 0.2) is 52.3 Å². The number of carbonyl (C=O) groups is 1. The Morgan fingerprint density at radius 3 is 2.59 bits per heavy atom. The first-order valence-corrected chi connectivity index (χ1v) is 12.6. The standard InChI is InChI=1S/C21H26N2O4S2/c1-15-11-12-17(29(26,27)23-13-7-6-8-16(23)2)14-18(15)21(24)22-19-9-4-5-10-20(19)28(3)25/h4-5,9-12,14,16H,6-8,13H2,1-3H3,(H,22,24). The molecule has 2 unspecified atom stereocenters. The fraction of sp³-hybridized carbons (Fsp3) is 0.381. The van der Waals surface area contributed by atoms with Crippen LogP contribution in [-0.2, 0) is 20.8 Å². The van der Waals surface area contributed by atoms with Gasteiger partial charge >= 0.3 is 0 Å². The van der Waals surface area contributed by atoms with E-state index >= 15 is 0 Å². The summed E-state index contributed by atoms with van der Waals surface area (Å²) in [5, 5.41) is 2.78. The van der Waals surface area contributed by atoms with Crippen LogP contribution in [0.3, 0.4) is 0 Å². The van der Waals surface area contributed by atoms with E-state index in [1.807, 2.05) is 6.92 Å². The first kappa shape index (κ1) is 21.7. The second-order valence-corrected chi connectivity index (χ2v) is 10.6. The van der Waals surface area contributed by atoms with Crippen LogP contribution in [0.4, 0.5) is 5.69 Å². The van der Waals surface area contributed by atoms with Crippen LogP contribution in [-0.4, -0.2) is 41.7 Å². The SMILES string of the molecule is Cc1ccc(S(=O)(=O)N2CCCCC2C)cc1C(=O)Nc1ccccc1S(C)=O. The summed E-state index contributed by atoms with van der Waals surface area (Å²) in [4.78, 5) is 13.5. The van der Waals surface area contributed by atoms with Gasteiger partial charge in [0.15, 0.2) is 0 Å². The third kappa shape index (κ3) is 4.60. The number of para-hydroxylation sites is 1. The lowest BCUT2D eigenvalue weighted by molar-refractivity contribution is 0.102. The van der Waals surface area contributed by atoms with Gasteiger partial charge in [0.1, 0.15) is 0 Å². The molecule has 1 heterocycles. The normalized spacial score (nSPS) is 18.9.